The molecule has 0 amide bonds. The first-order valence-corrected chi connectivity index (χ1v) is 7.68. The van der Waals surface area contributed by atoms with Crippen molar-refractivity contribution >= 4 is 0 Å². The summed E-state index contributed by atoms with van der Waals surface area (Å²) in [5, 5.41) is 4.36. The van der Waals surface area contributed by atoms with Crippen molar-refractivity contribution in [1.29, 1.82) is 0 Å². The lowest BCUT2D eigenvalue weighted by molar-refractivity contribution is 0.253. The topological polar surface area (TPSA) is 46.8 Å². The van der Waals surface area contributed by atoms with E-state index >= 15 is 0 Å². The van der Waals surface area contributed by atoms with E-state index in [1.807, 2.05) is 29.5 Å². The van der Waals surface area contributed by atoms with Crippen molar-refractivity contribution in [2.45, 2.75) is 38.6 Å². The minimum atomic E-state index is 0.366. The van der Waals surface area contributed by atoms with E-state index in [0.29, 0.717) is 12.0 Å². The predicted octanol–water partition coefficient (Wildman–Crippen LogP) is 2.73. The fourth-order valence-corrected chi connectivity index (χ4v) is 2.75. The van der Waals surface area contributed by atoms with Crippen molar-refractivity contribution in [3.63, 3.8) is 0 Å². The Morgan fingerprint density at radius 3 is 2.43 bits per heavy atom. The molecule has 0 atom stereocenters. The van der Waals surface area contributed by atoms with Crippen LogP contribution in [-0.2, 0) is 0 Å². The van der Waals surface area contributed by atoms with Gasteiger partial charge < -0.3 is 4.90 Å². The summed E-state index contributed by atoms with van der Waals surface area (Å²) in [5.74, 6) is 0.557. The zero-order valence-corrected chi connectivity index (χ0v) is 13.0. The Bertz CT molecular complexity index is 579. The molecule has 21 heavy (non-hydrogen) atoms. The Kier molecular flexibility index (Phi) is 4.01. The highest BCUT2D eigenvalue weighted by Gasteiger charge is 2.19. The number of piperidine rings is 1. The van der Waals surface area contributed by atoms with Crippen molar-refractivity contribution in [2.75, 3.05) is 20.1 Å². The van der Waals surface area contributed by atoms with Crippen LogP contribution < -0.4 is 0 Å². The minimum Gasteiger partial charge on any atom is -0.306 e. The second kappa shape index (κ2) is 5.93. The molecule has 0 saturated carbocycles. The quantitative estimate of drug-likeness (QED) is 0.870. The molecule has 0 spiro atoms. The summed E-state index contributed by atoms with van der Waals surface area (Å²) >= 11 is 0. The Labute approximate surface area is 126 Å². The summed E-state index contributed by atoms with van der Waals surface area (Å²) < 4.78 is 1.95. The first-order valence-electron chi connectivity index (χ1n) is 7.68. The number of hydrogen-bond donors (Lipinski definition) is 0. The minimum absolute atomic E-state index is 0.366. The lowest BCUT2D eigenvalue weighted by atomic mass is 9.94. The van der Waals surface area contributed by atoms with Gasteiger partial charge in [-0.3, -0.25) is 14.6 Å². The first-order chi connectivity index (χ1) is 10.1. The molecule has 3 rings (SSSR count). The number of hydrogen-bond acceptors (Lipinski definition) is 4. The molecule has 0 aromatic carbocycles. The van der Waals surface area contributed by atoms with Gasteiger partial charge >= 0.3 is 0 Å². The van der Waals surface area contributed by atoms with Crippen LogP contribution in [0.3, 0.4) is 0 Å². The van der Waals surface area contributed by atoms with Gasteiger partial charge in [-0.05, 0) is 46.8 Å². The Morgan fingerprint density at radius 1 is 1.10 bits per heavy atom. The first kappa shape index (κ1) is 14.2. The second-order valence-corrected chi connectivity index (χ2v) is 6.21. The van der Waals surface area contributed by atoms with Crippen LogP contribution in [0.25, 0.3) is 11.3 Å². The fourth-order valence-electron chi connectivity index (χ4n) is 2.75. The van der Waals surface area contributed by atoms with Gasteiger partial charge in [0.1, 0.15) is 0 Å². The predicted molar refractivity (Wildman–Crippen MR) is 83.1 cm³/mol. The summed E-state index contributed by atoms with van der Waals surface area (Å²) in [6.07, 6.45) is 10.1. The van der Waals surface area contributed by atoms with Gasteiger partial charge in [-0.2, -0.15) is 5.10 Å². The van der Waals surface area contributed by atoms with E-state index in [9.17, 15) is 0 Å². The third kappa shape index (κ3) is 3.13. The standard InChI is InChI=1S/C16H23N5/c1-12(2)21-11-14(8-19-21)16-10-17-15(9-18-16)13-4-6-20(3)7-5-13/h8-13H,4-7H2,1-3H3. The highest BCUT2D eigenvalue weighted by Crippen LogP contribution is 2.26. The highest BCUT2D eigenvalue weighted by atomic mass is 15.3. The SMILES string of the molecule is CC(C)n1cc(-c2cnc(C3CCN(C)CC3)cn2)cn1. The summed E-state index contributed by atoms with van der Waals surface area (Å²) in [7, 11) is 2.18. The van der Waals surface area contributed by atoms with E-state index in [-0.39, 0.29) is 0 Å². The molecule has 2 aromatic rings. The summed E-state index contributed by atoms with van der Waals surface area (Å²) in [4.78, 5) is 11.6. The maximum absolute atomic E-state index is 4.64. The van der Waals surface area contributed by atoms with Gasteiger partial charge in [-0.15, -0.1) is 0 Å². The van der Waals surface area contributed by atoms with Crippen LogP contribution >= 0.6 is 0 Å². The maximum atomic E-state index is 4.64. The van der Waals surface area contributed by atoms with Crippen LogP contribution in [0, 0.1) is 0 Å². The maximum Gasteiger partial charge on any atom is 0.0916 e. The molecule has 5 nitrogen and oxygen atoms in total. The van der Waals surface area contributed by atoms with Crippen LogP contribution in [0.1, 0.15) is 44.3 Å². The zero-order chi connectivity index (χ0) is 14.8. The molecule has 112 valence electrons. The molecule has 2 aromatic heterocycles. The lowest BCUT2D eigenvalue weighted by Crippen LogP contribution is -2.29. The van der Waals surface area contributed by atoms with E-state index in [0.717, 1.165) is 30.0 Å². The average Bonchev–Trinajstić information content (AvgIpc) is 2.98. The van der Waals surface area contributed by atoms with E-state index in [1.54, 1.807) is 0 Å². The van der Waals surface area contributed by atoms with Crippen molar-refractivity contribution in [2.24, 2.45) is 0 Å². The van der Waals surface area contributed by atoms with Crippen molar-refractivity contribution in [3.8, 4) is 11.3 Å². The number of likely N-dealkylation sites (tertiary alicyclic amines) is 1. The Balaban J connectivity index is 1.74. The molecule has 1 aliphatic heterocycles. The molecule has 0 unspecified atom stereocenters. The smallest absolute Gasteiger partial charge is 0.0916 e. The molecule has 0 radical (unpaired) electrons. The van der Waals surface area contributed by atoms with Crippen LogP contribution in [-0.4, -0.2) is 44.8 Å². The third-order valence-electron chi connectivity index (χ3n) is 4.24. The van der Waals surface area contributed by atoms with Gasteiger partial charge in [0, 0.05) is 29.9 Å². The van der Waals surface area contributed by atoms with Gasteiger partial charge in [0.2, 0.25) is 0 Å². The van der Waals surface area contributed by atoms with E-state index in [2.05, 4.69) is 40.9 Å². The normalized spacial score (nSPS) is 17.5. The van der Waals surface area contributed by atoms with Crippen LogP contribution in [0.15, 0.2) is 24.8 Å². The van der Waals surface area contributed by atoms with E-state index in [1.165, 1.54) is 12.8 Å². The second-order valence-electron chi connectivity index (χ2n) is 6.21. The van der Waals surface area contributed by atoms with Gasteiger partial charge in [0.05, 0.1) is 23.8 Å². The van der Waals surface area contributed by atoms with Crippen molar-refractivity contribution in [1.82, 2.24) is 24.6 Å². The van der Waals surface area contributed by atoms with Crippen molar-refractivity contribution < 1.29 is 0 Å². The molecular formula is C16H23N5. The molecule has 1 saturated heterocycles. The highest BCUT2D eigenvalue weighted by molar-refractivity contribution is 5.55. The van der Waals surface area contributed by atoms with Crippen LogP contribution in [0.5, 0.6) is 0 Å². The number of nitrogens with zero attached hydrogens (tertiary/aromatic N) is 5. The molecule has 0 aliphatic carbocycles. The summed E-state index contributed by atoms with van der Waals surface area (Å²) in [6.45, 7) is 6.53. The van der Waals surface area contributed by atoms with Gasteiger partial charge in [-0.1, -0.05) is 0 Å². The molecular weight excluding hydrogens is 262 g/mol. The van der Waals surface area contributed by atoms with Crippen molar-refractivity contribution in [3.05, 3.63) is 30.5 Å². The van der Waals surface area contributed by atoms with Crippen LogP contribution in [0.2, 0.25) is 0 Å². The fraction of sp³-hybridized carbons (Fsp3) is 0.562. The van der Waals surface area contributed by atoms with Crippen LogP contribution in [0.4, 0.5) is 0 Å². The van der Waals surface area contributed by atoms with Gasteiger partial charge in [0.15, 0.2) is 0 Å². The van der Waals surface area contributed by atoms with E-state index in [4.69, 9.17) is 0 Å². The molecule has 1 aliphatic rings. The zero-order valence-electron chi connectivity index (χ0n) is 13.0. The largest absolute Gasteiger partial charge is 0.306 e. The number of aromatic nitrogens is 4. The summed E-state index contributed by atoms with van der Waals surface area (Å²) in [5.41, 5.74) is 3.06. The molecule has 3 heterocycles. The molecule has 0 bridgehead atoms. The third-order valence-corrected chi connectivity index (χ3v) is 4.24. The lowest BCUT2D eigenvalue weighted by Gasteiger charge is -2.28. The van der Waals surface area contributed by atoms with Gasteiger partial charge in [-0.25, -0.2) is 0 Å². The Hall–Kier alpha value is -1.75. The monoisotopic (exact) mass is 285 g/mol. The van der Waals surface area contributed by atoms with E-state index < -0.39 is 0 Å². The molecule has 1 fully saturated rings. The Morgan fingerprint density at radius 2 is 1.86 bits per heavy atom. The summed E-state index contributed by atoms with van der Waals surface area (Å²) in [6, 6.07) is 0.366. The molecule has 0 N–H and O–H groups in total. The van der Waals surface area contributed by atoms with Gasteiger partial charge in [0.25, 0.3) is 0 Å². The molecule has 5 heteroatoms. The average molecular weight is 285 g/mol. The number of rotatable bonds is 3.